The van der Waals surface area contributed by atoms with E-state index in [-0.39, 0.29) is 12.2 Å². The van der Waals surface area contributed by atoms with Crippen molar-refractivity contribution in [1.29, 1.82) is 5.26 Å². The second-order valence-electron chi connectivity index (χ2n) is 4.30. The summed E-state index contributed by atoms with van der Waals surface area (Å²) in [6.45, 7) is 0. The Bertz CT molecular complexity index is 815. The van der Waals surface area contributed by atoms with Crippen LogP contribution in [0.15, 0.2) is 42.6 Å². The summed E-state index contributed by atoms with van der Waals surface area (Å²) in [7, 11) is 0. The molecule has 5 heteroatoms. The van der Waals surface area contributed by atoms with Gasteiger partial charge < -0.3 is 4.40 Å². The Hall–Kier alpha value is -2.38. The minimum atomic E-state index is -0.308. The number of benzene rings is 1. The molecule has 3 aromatic rings. The Morgan fingerprint density at radius 2 is 2.00 bits per heavy atom. The average Bonchev–Trinajstić information content (AvgIpc) is 2.81. The predicted octanol–water partition coefficient (Wildman–Crippen LogP) is 3.86. The maximum absolute atomic E-state index is 13.0. The summed E-state index contributed by atoms with van der Waals surface area (Å²) in [5.41, 5.74) is 2.76. The van der Waals surface area contributed by atoms with E-state index in [0.29, 0.717) is 16.4 Å². The zero-order valence-corrected chi connectivity index (χ0v) is 11.1. The van der Waals surface area contributed by atoms with Crippen molar-refractivity contribution >= 4 is 17.2 Å². The average molecular weight is 286 g/mol. The van der Waals surface area contributed by atoms with Crippen molar-refractivity contribution in [3.8, 4) is 17.3 Å². The van der Waals surface area contributed by atoms with Crippen LogP contribution >= 0.6 is 11.6 Å². The molecule has 1 aromatic carbocycles. The smallest absolute Gasteiger partial charge is 0.156 e. The van der Waals surface area contributed by atoms with E-state index in [1.807, 2.05) is 6.20 Å². The van der Waals surface area contributed by atoms with Crippen molar-refractivity contribution in [2.45, 2.75) is 6.42 Å². The fourth-order valence-electron chi connectivity index (χ4n) is 2.17. The molecule has 0 unspecified atom stereocenters. The number of nitriles is 1. The summed E-state index contributed by atoms with van der Waals surface area (Å²) in [4.78, 5) is 4.49. The van der Waals surface area contributed by atoms with E-state index in [9.17, 15) is 4.39 Å². The van der Waals surface area contributed by atoms with Crippen molar-refractivity contribution in [3.63, 3.8) is 0 Å². The normalized spacial score (nSPS) is 10.7. The van der Waals surface area contributed by atoms with Gasteiger partial charge in [0.1, 0.15) is 5.82 Å². The molecule has 0 bridgehead atoms. The van der Waals surface area contributed by atoms with E-state index >= 15 is 0 Å². The minimum Gasteiger partial charge on any atom is -0.301 e. The third-order valence-corrected chi connectivity index (χ3v) is 3.36. The second-order valence-corrected chi connectivity index (χ2v) is 4.71. The van der Waals surface area contributed by atoms with Crippen LogP contribution in [0.25, 0.3) is 16.9 Å². The first-order valence-electron chi connectivity index (χ1n) is 5.99. The summed E-state index contributed by atoms with van der Waals surface area (Å²) >= 11 is 6.13. The largest absolute Gasteiger partial charge is 0.301 e. The Labute approximate surface area is 119 Å². The van der Waals surface area contributed by atoms with Gasteiger partial charge in [0.05, 0.1) is 28.9 Å². The molecular formula is C15H9ClFN3. The van der Waals surface area contributed by atoms with Crippen LogP contribution in [-0.2, 0) is 6.42 Å². The molecular weight excluding hydrogens is 277 g/mol. The quantitative estimate of drug-likeness (QED) is 0.717. The van der Waals surface area contributed by atoms with Crippen LogP contribution in [0.2, 0.25) is 5.02 Å². The number of aromatic nitrogens is 2. The van der Waals surface area contributed by atoms with Crippen LogP contribution in [0, 0.1) is 17.1 Å². The molecule has 0 radical (unpaired) electrons. The van der Waals surface area contributed by atoms with Crippen LogP contribution in [0.5, 0.6) is 0 Å². The molecule has 20 heavy (non-hydrogen) atoms. The van der Waals surface area contributed by atoms with Gasteiger partial charge >= 0.3 is 0 Å². The standard InChI is InChI=1S/C15H9ClFN3/c16-12-2-1-9-20-13(7-8-18)14(19-15(12)20)10-3-5-11(17)6-4-10/h1-6,9H,7H2. The van der Waals surface area contributed by atoms with E-state index in [1.54, 1.807) is 28.7 Å². The summed E-state index contributed by atoms with van der Waals surface area (Å²) < 4.78 is 14.8. The lowest BCUT2D eigenvalue weighted by atomic mass is 10.1. The minimum absolute atomic E-state index is 0.203. The van der Waals surface area contributed by atoms with Gasteiger partial charge in [-0.2, -0.15) is 5.26 Å². The molecule has 0 fully saturated rings. The SMILES string of the molecule is N#CCc1c(-c2ccc(F)cc2)nc2c(Cl)cccn12. The van der Waals surface area contributed by atoms with Crippen molar-refractivity contribution in [1.82, 2.24) is 9.38 Å². The van der Waals surface area contributed by atoms with Crippen LogP contribution in [0.3, 0.4) is 0 Å². The van der Waals surface area contributed by atoms with Gasteiger partial charge in [-0.1, -0.05) is 11.6 Å². The number of hydrogen-bond acceptors (Lipinski definition) is 2. The van der Waals surface area contributed by atoms with Crippen LogP contribution in [0.1, 0.15) is 5.69 Å². The maximum atomic E-state index is 13.0. The molecule has 0 saturated carbocycles. The Kier molecular flexibility index (Phi) is 3.13. The van der Waals surface area contributed by atoms with Crippen molar-refractivity contribution in [2.75, 3.05) is 0 Å². The van der Waals surface area contributed by atoms with Gasteiger partial charge in [-0.25, -0.2) is 9.37 Å². The number of imidazole rings is 1. The van der Waals surface area contributed by atoms with Crippen LogP contribution < -0.4 is 0 Å². The van der Waals surface area contributed by atoms with Crippen molar-refractivity contribution < 1.29 is 4.39 Å². The first-order valence-corrected chi connectivity index (χ1v) is 6.37. The lowest BCUT2D eigenvalue weighted by Gasteiger charge is -2.01. The van der Waals surface area contributed by atoms with Gasteiger partial charge in [0.15, 0.2) is 5.65 Å². The Morgan fingerprint density at radius 1 is 1.25 bits per heavy atom. The molecule has 0 aliphatic carbocycles. The molecule has 0 N–H and O–H groups in total. The van der Waals surface area contributed by atoms with Gasteiger partial charge in [0.25, 0.3) is 0 Å². The van der Waals surface area contributed by atoms with E-state index in [4.69, 9.17) is 16.9 Å². The summed E-state index contributed by atoms with van der Waals surface area (Å²) in [6, 6.07) is 11.7. The monoisotopic (exact) mass is 285 g/mol. The predicted molar refractivity (Wildman–Crippen MR) is 74.9 cm³/mol. The Morgan fingerprint density at radius 3 is 2.70 bits per heavy atom. The lowest BCUT2D eigenvalue weighted by Crippen LogP contribution is -1.93. The molecule has 3 nitrogen and oxygen atoms in total. The highest BCUT2D eigenvalue weighted by Crippen LogP contribution is 2.28. The number of rotatable bonds is 2. The highest BCUT2D eigenvalue weighted by molar-refractivity contribution is 6.33. The fraction of sp³-hybridized carbons (Fsp3) is 0.0667. The van der Waals surface area contributed by atoms with E-state index in [0.717, 1.165) is 11.3 Å². The van der Waals surface area contributed by atoms with E-state index in [2.05, 4.69) is 11.1 Å². The number of halogens is 2. The van der Waals surface area contributed by atoms with Crippen molar-refractivity contribution in [3.05, 3.63) is 59.1 Å². The van der Waals surface area contributed by atoms with E-state index in [1.165, 1.54) is 12.1 Å². The molecule has 0 aliphatic heterocycles. The number of pyridine rings is 1. The summed E-state index contributed by atoms with van der Waals surface area (Å²) in [5.74, 6) is -0.308. The molecule has 3 rings (SSSR count). The van der Waals surface area contributed by atoms with Gasteiger partial charge in [-0.3, -0.25) is 0 Å². The number of hydrogen-bond donors (Lipinski definition) is 0. The lowest BCUT2D eigenvalue weighted by molar-refractivity contribution is 0.628. The van der Waals surface area contributed by atoms with Gasteiger partial charge in [-0.15, -0.1) is 0 Å². The third kappa shape index (κ3) is 2.02. The molecule has 0 spiro atoms. The second kappa shape index (κ2) is 4.95. The molecule has 0 saturated heterocycles. The highest BCUT2D eigenvalue weighted by Gasteiger charge is 2.15. The first kappa shape index (κ1) is 12.6. The molecule has 2 aromatic heterocycles. The highest BCUT2D eigenvalue weighted by atomic mass is 35.5. The summed E-state index contributed by atoms with van der Waals surface area (Å²) in [5, 5.41) is 9.51. The zero-order chi connectivity index (χ0) is 14.1. The Balaban J connectivity index is 2.29. The molecule has 98 valence electrons. The molecule has 0 aliphatic rings. The van der Waals surface area contributed by atoms with Crippen LogP contribution in [0.4, 0.5) is 4.39 Å². The first-order chi connectivity index (χ1) is 9.70. The topological polar surface area (TPSA) is 41.1 Å². The van der Waals surface area contributed by atoms with Crippen molar-refractivity contribution in [2.24, 2.45) is 0 Å². The van der Waals surface area contributed by atoms with Crippen LogP contribution in [-0.4, -0.2) is 9.38 Å². The summed E-state index contributed by atoms with van der Waals surface area (Å²) in [6.07, 6.45) is 2.02. The third-order valence-electron chi connectivity index (χ3n) is 3.07. The van der Waals surface area contributed by atoms with Gasteiger partial charge in [0, 0.05) is 11.8 Å². The number of nitrogens with zero attached hydrogens (tertiary/aromatic N) is 3. The molecule has 0 atom stereocenters. The molecule has 0 amide bonds. The zero-order valence-electron chi connectivity index (χ0n) is 10.3. The van der Waals surface area contributed by atoms with Gasteiger partial charge in [0.2, 0.25) is 0 Å². The fourth-order valence-corrected chi connectivity index (χ4v) is 2.37. The molecule has 2 heterocycles. The maximum Gasteiger partial charge on any atom is 0.156 e. The van der Waals surface area contributed by atoms with Gasteiger partial charge in [-0.05, 0) is 36.4 Å². The van der Waals surface area contributed by atoms with E-state index < -0.39 is 0 Å². The number of fused-ring (bicyclic) bond motifs is 1.